The first-order chi connectivity index (χ1) is 12.5. The number of benzene rings is 1. The number of aromatic nitrogens is 2. The van der Waals surface area contributed by atoms with Gasteiger partial charge in [-0.3, -0.25) is 9.69 Å². The summed E-state index contributed by atoms with van der Waals surface area (Å²) in [6, 6.07) is 11.5. The number of nitrogens with zero attached hydrogens (tertiary/aromatic N) is 3. The van der Waals surface area contributed by atoms with Gasteiger partial charge in [-0.25, -0.2) is 9.07 Å². The first kappa shape index (κ1) is 17.9. The molecular formula is C19H21FN4O2. The molecule has 0 aliphatic heterocycles. The molecule has 3 aromatic rings. The maximum Gasteiger partial charge on any atom is 0.271 e. The standard InChI is InChI=1S/C19H21FN4O2/c1-13-11-15(22-24(13)16-8-5-4-7-14(16)20)19(25)21-12-17(23(2)3)18-9-6-10-26-18/h4-11,17H,12H2,1-3H3,(H,21,25). The molecule has 136 valence electrons. The number of amides is 1. The summed E-state index contributed by atoms with van der Waals surface area (Å²) in [5.41, 5.74) is 1.23. The van der Waals surface area contributed by atoms with E-state index in [2.05, 4.69) is 10.4 Å². The van der Waals surface area contributed by atoms with Gasteiger partial charge in [-0.15, -0.1) is 0 Å². The van der Waals surface area contributed by atoms with Gasteiger partial charge < -0.3 is 9.73 Å². The second-order valence-electron chi connectivity index (χ2n) is 6.24. The van der Waals surface area contributed by atoms with Crippen LogP contribution in [0.1, 0.15) is 28.0 Å². The molecule has 0 fully saturated rings. The first-order valence-corrected chi connectivity index (χ1v) is 8.27. The highest BCUT2D eigenvalue weighted by Gasteiger charge is 2.20. The van der Waals surface area contributed by atoms with Crippen LogP contribution >= 0.6 is 0 Å². The zero-order valence-electron chi connectivity index (χ0n) is 14.9. The van der Waals surface area contributed by atoms with Crippen molar-refractivity contribution < 1.29 is 13.6 Å². The van der Waals surface area contributed by atoms with Gasteiger partial charge in [0.1, 0.15) is 17.3 Å². The van der Waals surface area contributed by atoms with Gasteiger partial charge in [-0.2, -0.15) is 5.10 Å². The number of carbonyl (C=O) groups is 1. The molecule has 0 saturated heterocycles. The zero-order valence-corrected chi connectivity index (χ0v) is 14.9. The van der Waals surface area contributed by atoms with Crippen molar-refractivity contribution in [3.05, 3.63) is 71.7 Å². The summed E-state index contributed by atoms with van der Waals surface area (Å²) in [4.78, 5) is 14.5. The summed E-state index contributed by atoms with van der Waals surface area (Å²) in [5, 5.41) is 7.12. The number of nitrogens with one attached hydrogen (secondary N) is 1. The Morgan fingerprint density at radius 1 is 1.31 bits per heavy atom. The van der Waals surface area contributed by atoms with E-state index < -0.39 is 5.82 Å². The van der Waals surface area contributed by atoms with E-state index in [1.807, 2.05) is 31.1 Å². The highest BCUT2D eigenvalue weighted by atomic mass is 19.1. The number of furan rings is 1. The minimum Gasteiger partial charge on any atom is -0.468 e. The Morgan fingerprint density at radius 3 is 2.73 bits per heavy atom. The maximum atomic E-state index is 14.0. The lowest BCUT2D eigenvalue weighted by Gasteiger charge is -2.22. The summed E-state index contributed by atoms with van der Waals surface area (Å²) in [7, 11) is 3.83. The van der Waals surface area contributed by atoms with E-state index in [-0.39, 0.29) is 17.6 Å². The molecule has 1 N–H and O–H groups in total. The van der Waals surface area contributed by atoms with Crippen LogP contribution in [-0.2, 0) is 0 Å². The number of rotatable bonds is 6. The van der Waals surface area contributed by atoms with Crippen LogP contribution in [0.25, 0.3) is 5.69 Å². The van der Waals surface area contributed by atoms with Crippen LogP contribution in [0, 0.1) is 12.7 Å². The average Bonchev–Trinajstić information content (AvgIpc) is 3.25. The van der Waals surface area contributed by atoms with Crippen molar-refractivity contribution in [3.8, 4) is 5.69 Å². The van der Waals surface area contributed by atoms with Crippen molar-refractivity contribution in [2.24, 2.45) is 0 Å². The molecule has 2 heterocycles. The molecule has 0 saturated carbocycles. The molecule has 0 aliphatic rings. The zero-order chi connectivity index (χ0) is 18.7. The van der Waals surface area contributed by atoms with Gasteiger partial charge in [0.2, 0.25) is 0 Å². The highest BCUT2D eigenvalue weighted by molar-refractivity contribution is 5.92. The van der Waals surface area contributed by atoms with E-state index in [4.69, 9.17) is 4.42 Å². The fraction of sp³-hybridized carbons (Fsp3) is 0.263. The molecule has 6 nitrogen and oxygen atoms in total. The van der Waals surface area contributed by atoms with Gasteiger partial charge in [0, 0.05) is 12.2 Å². The van der Waals surface area contributed by atoms with Crippen molar-refractivity contribution in [2.45, 2.75) is 13.0 Å². The summed E-state index contributed by atoms with van der Waals surface area (Å²) in [6.07, 6.45) is 1.60. The van der Waals surface area contributed by atoms with Crippen molar-refractivity contribution in [3.63, 3.8) is 0 Å². The third kappa shape index (κ3) is 3.67. The molecule has 0 bridgehead atoms. The molecule has 1 amide bonds. The lowest BCUT2D eigenvalue weighted by molar-refractivity contribution is 0.0933. The summed E-state index contributed by atoms with van der Waals surface area (Å²) >= 11 is 0. The van der Waals surface area contributed by atoms with Crippen LogP contribution in [0.15, 0.2) is 53.1 Å². The number of likely N-dealkylation sites (N-methyl/N-ethyl adjacent to an activating group) is 1. The quantitative estimate of drug-likeness (QED) is 0.738. The van der Waals surface area contributed by atoms with Gasteiger partial charge in [-0.05, 0) is 51.4 Å². The van der Waals surface area contributed by atoms with Crippen molar-refractivity contribution in [1.29, 1.82) is 0 Å². The molecule has 2 aromatic heterocycles. The first-order valence-electron chi connectivity index (χ1n) is 8.27. The van der Waals surface area contributed by atoms with Crippen molar-refractivity contribution in [1.82, 2.24) is 20.0 Å². The predicted octanol–water partition coefficient (Wildman–Crippen LogP) is 2.95. The predicted molar refractivity (Wildman–Crippen MR) is 95.7 cm³/mol. The van der Waals surface area contributed by atoms with E-state index in [1.165, 1.54) is 10.7 Å². The number of aryl methyl sites for hydroxylation is 1. The maximum absolute atomic E-state index is 14.0. The summed E-state index contributed by atoms with van der Waals surface area (Å²) in [5.74, 6) is 0.0566. The third-order valence-corrected chi connectivity index (χ3v) is 4.15. The van der Waals surface area contributed by atoms with E-state index in [9.17, 15) is 9.18 Å². The second-order valence-corrected chi connectivity index (χ2v) is 6.24. The Hall–Kier alpha value is -2.93. The SMILES string of the molecule is Cc1cc(C(=O)NCC(c2ccco2)N(C)C)nn1-c1ccccc1F. The van der Waals surface area contributed by atoms with E-state index in [0.717, 1.165) is 5.76 Å². The molecule has 3 rings (SSSR count). The van der Waals surface area contributed by atoms with E-state index >= 15 is 0 Å². The molecular weight excluding hydrogens is 335 g/mol. The van der Waals surface area contributed by atoms with Gasteiger partial charge >= 0.3 is 0 Å². The molecule has 0 aliphatic carbocycles. The molecule has 0 radical (unpaired) electrons. The third-order valence-electron chi connectivity index (χ3n) is 4.15. The number of hydrogen-bond acceptors (Lipinski definition) is 4. The largest absolute Gasteiger partial charge is 0.468 e. The Morgan fingerprint density at radius 2 is 2.08 bits per heavy atom. The molecule has 1 unspecified atom stereocenters. The number of para-hydroxylation sites is 1. The Bertz CT molecular complexity index is 887. The number of hydrogen-bond donors (Lipinski definition) is 1. The highest BCUT2D eigenvalue weighted by Crippen LogP contribution is 2.18. The fourth-order valence-corrected chi connectivity index (χ4v) is 2.75. The molecule has 1 aromatic carbocycles. The lowest BCUT2D eigenvalue weighted by atomic mass is 10.2. The Balaban J connectivity index is 1.75. The van der Waals surface area contributed by atoms with Crippen LogP contribution < -0.4 is 5.32 Å². The Kier molecular flexibility index (Phi) is 5.18. The Labute approximate surface area is 151 Å². The topological polar surface area (TPSA) is 63.3 Å². The van der Waals surface area contributed by atoms with Gasteiger partial charge in [0.05, 0.1) is 12.3 Å². The van der Waals surface area contributed by atoms with Crippen LogP contribution in [0.4, 0.5) is 4.39 Å². The number of halogens is 1. The summed E-state index contributed by atoms with van der Waals surface area (Å²) < 4.78 is 20.9. The second kappa shape index (κ2) is 7.53. The molecule has 0 spiro atoms. The smallest absolute Gasteiger partial charge is 0.271 e. The molecule has 26 heavy (non-hydrogen) atoms. The van der Waals surface area contributed by atoms with E-state index in [0.29, 0.717) is 17.9 Å². The molecule has 7 heteroatoms. The average molecular weight is 356 g/mol. The molecule has 1 atom stereocenters. The minimum absolute atomic E-state index is 0.0938. The van der Waals surface area contributed by atoms with Gasteiger partial charge in [0.15, 0.2) is 5.69 Å². The van der Waals surface area contributed by atoms with E-state index in [1.54, 1.807) is 37.5 Å². The van der Waals surface area contributed by atoms with Crippen LogP contribution in [-0.4, -0.2) is 41.2 Å². The van der Waals surface area contributed by atoms with Gasteiger partial charge in [0.25, 0.3) is 5.91 Å². The van der Waals surface area contributed by atoms with Crippen molar-refractivity contribution >= 4 is 5.91 Å². The van der Waals surface area contributed by atoms with Crippen LogP contribution in [0.3, 0.4) is 0 Å². The van der Waals surface area contributed by atoms with Gasteiger partial charge in [-0.1, -0.05) is 12.1 Å². The summed E-state index contributed by atoms with van der Waals surface area (Å²) in [6.45, 7) is 2.15. The lowest BCUT2D eigenvalue weighted by Crippen LogP contribution is -2.34. The van der Waals surface area contributed by atoms with Crippen molar-refractivity contribution in [2.75, 3.05) is 20.6 Å². The number of carbonyl (C=O) groups excluding carboxylic acids is 1. The normalized spacial score (nSPS) is 12.3. The monoisotopic (exact) mass is 356 g/mol. The van der Waals surface area contributed by atoms with Crippen LogP contribution in [0.5, 0.6) is 0 Å². The minimum atomic E-state index is -0.392. The fourth-order valence-electron chi connectivity index (χ4n) is 2.75. The van der Waals surface area contributed by atoms with Crippen LogP contribution in [0.2, 0.25) is 0 Å².